The Morgan fingerprint density at radius 1 is 1.43 bits per heavy atom. The zero-order valence-corrected chi connectivity index (χ0v) is 12.6. The zero-order chi connectivity index (χ0) is 15.4. The molecule has 0 radical (unpaired) electrons. The summed E-state index contributed by atoms with van der Waals surface area (Å²) < 4.78 is 0. The number of likely N-dealkylation sites (N-methyl/N-ethyl adjacent to an activating group) is 1. The lowest BCUT2D eigenvalue weighted by molar-refractivity contribution is 0.0937. The van der Waals surface area contributed by atoms with Crippen LogP contribution in [0.25, 0.3) is 0 Å². The van der Waals surface area contributed by atoms with Gasteiger partial charge in [-0.3, -0.25) is 9.89 Å². The number of hydrogen-bond acceptors (Lipinski definition) is 4. The maximum absolute atomic E-state index is 12.0. The number of benzene rings is 1. The molecule has 6 heteroatoms. The third kappa shape index (κ3) is 3.82. The number of aromatic amines is 1. The summed E-state index contributed by atoms with van der Waals surface area (Å²) in [4.78, 5) is 14.1. The van der Waals surface area contributed by atoms with Gasteiger partial charge in [-0.1, -0.05) is 29.8 Å². The maximum atomic E-state index is 12.0. The van der Waals surface area contributed by atoms with Gasteiger partial charge in [-0.2, -0.15) is 5.10 Å². The van der Waals surface area contributed by atoms with E-state index in [-0.39, 0.29) is 11.9 Å². The molecule has 1 aromatic heterocycles. The number of nitrogens with two attached hydrogens (primary N) is 1. The van der Waals surface area contributed by atoms with E-state index in [1.54, 1.807) is 0 Å². The van der Waals surface area contributed by atoms with Crippen molar-refractivity contribution < 1.29 is 4.79 Å². The number of nitrogens with zero attached hydrogens (tertiary/aromatic N) is 2. The maximum Gasteiger partial charge on any atom is 0.269 e. The van der Waals surface area contributed by atoms with Gasteiger partial charge in [-0.05, 0) is 26.6 Å². The molecule has 6 nitrogen and oxygen atoms in total. The van der Waals surface area contributed by atoms with Crippen LogP contribution < -0.4 is 11.1 Å². The highest BCUT2D eigenvalue weighted by Gasteiger charge is 2.16. The Labute approximate surface area is 124 Å². The Bertz CT molecular complexity index is 620. The van der Waals surface area contributed by atoms with Gasteiger partial charge in [0.15, 0.2) is 0 Å². The highest BCUT2D eigenvalue weighted by molar-refractivity contribution is 5.92. The van der Waals surface area contributed by atoms with Gasteiger partial charge >= 0.3 is 0 Å². The summed E-state index contributed by atoms with van der Waals surface area (Å²) in [5.74, 6) is 0.0988. The fraction of sp³-hybridized carbons (Fsp3) is 0.333. The monoisotopic (exact) mass is 287 g/mol. The quantitative estimate of drug-likeness (QED) is 0.774. The predicted molar refractivity (Wildman–Crippen MR) is 82.9 cm³/mol. The van der Waals surface area contributed by atoms with Gasteiger partial charge in [-0.15, -0.1) is 0 Å². The summed E-state index contributed by atoms with van der Waals surface area (Å²) >= 11 is 0. The highest BCUT2D eigenvalue weighted by Crippen LogP contribution is 2.18. The number of H-pyrrole nitrogens is 1. The molecule has 0 spiro atoms. The molecule has 4 N–H and O–H groups in total. The molecule has 1 aromatic carbocycles. The van der Waals surface area contributed by atoms with Crippen LogP contribution in [0.2, 0.25) is 0 Å². The van der Waals surface area contributed by atoms with Gasteiger partial charge in [0.1, 0.15) is 11.5 Å². The topological polar surface area (TPSA) is 87.0 Å². The number of carbonyl (C=O) groups excluding carboxylic acids is 1. The number of nitrogens with one attached hydrogen (secondary N) is 2. The second kappa shape index (κ2) is 6.41. The predicted octanol–water partition coefficient (Wildman–Crippen LogP) is 1.33. The standard InChI is InChI=1S/C15H21N5O/c1-10-5-4-6-11(7-10)13(20(2)3)9-17-15(21)12-8-14(16)19-18-12/h4-8,13H,9H2,1-3H3,(H,17,21)(H3,16,18,19)/t13-/m1/s1. The van der Waals surface area contributed by atoms with E-state index in [4.69, 9.17) is 5.73 Å². The van der Waals surface area contributed by atoms with Crippen molar-refractivity contribution in [1.29, 1.82) is 0 Å². The lowest BCUT2D eigenvalue weighted by atomic mass is 10.0. The number of amides is 1. The third-order valence-corrected chi connectivity index (χ3v) is 3.35. The summed E-state index contributed by atoms with van der Waals surface area (Å²) in [6.07, 6.45) is 0. The third-order valence-electron chi connectivity index (χ3n) is 3.35. The molecule has 1 amide bonds. The van der Waals surface area contributed by atoms with Crippen LogP contribution in [0.3, 0.4) is 0 Å². The van der Waals surface area contributed by atoms with Crippen LogP contribution in [0.4, 0.5) is 5.82 Å². The Kier molecular flexibility index (Phi) is 4.59. The minimum absolute atomic E-state index is 0.106. The van der Waals surface area contributed by atoms with Crippen LogP contribution in [0.5, 0.6) is 0 Å². The second-order valence-electron chi connectivity index (χ2n) is 5.31. The largest absolute Gasteiger partial charge is 0.382 e. The highest BCUT2D eigenvalue weighted by atomic mass is 16.1. The molecule has 2 aromatic rings. The molecule has 0 fully saturated rings. The molecule has 0 saturated heterocycles. The molecule has 0 bridgehead atoms. The fourth-order valence-corrected chi connectivity index (χ4v) is 2.21. The molecule has 0 aliphatic heterocycles. The molecular formula is C15H21N5O. The van der Waals surface area contributed by atoms with Gasteiger partial charge in [0.25, 0.3) is 5.91 Å². The Balaban J connectivity index is 2.05. The Morgan fingerprint density at radius 3 is 2.76 bits per heavy atom. The smallest absolute Gasteiger partial charge is 0.269 e. The lowest BCUT2D eigenvalue weighted by Gasteiger charge is -2.25. The van der Waals surface area contributed by atoms with Crippen LogP contribution in [0.1, 0.15) is 27.7 Å². The van der Waals surface area contributed by atoms with Crippen molar-refractivity contribution in [3.63, 3.8) is 0 Å². The second-order valence-corrected chi connectivity index (χ2v) is 5.31. The molecule has 0 saturated carbocycles. The van der Waals surface area contributed by atoms with Crippen molar-refractivity contribution in [2.45, 2.75) is 13.0 Å². The Morgan fingerprint density at radius 2 is 2.19 bits per heavy atom. The molecular weight excluding hydrogens is 266 g/mol. The van der Waals surface area contributed by atoms with Crippen molar-refractivity contribution in [2.24, 2.45) is 0 Å². The van der Waals surface area contributed by atoms with Crippen molar-refractivity contribution in [1.82, 2.24) is 20.4 Å². The SMILES string of the molecule is Cc1cccc([C@@H](CNC(=O)c2cc(N)n[nH]2)N(C)C)c1. The van der Waals surface area contributed by atoms with E-state index in [1.807, 2.05) is 20.2 Å². The minimum Gasteiger partial charge on any atom is -0.382 e. The van der Waals surface area contributed by atoms with E-state index >= 15 is 0 Å². The summed E-state index contributed by atoms with van der Waals surface area (Å²) in [5.41, 5.74) is 8.24. The number of carbonyl (C=O) groups is 1. The van der Waals surface area contributed by atoms with Crippen molar-refractivity contribution >= 4 is 11.7 Å². The number of anilines is 1. The molecule has 1 heterocycles. The first-order valence-electron chi connectivity index (χ1n) is 6.79. The van der Waals surface area contributed by atoms with E-state index < -0.39 is 0 Å². The van der Waals surface area contributed by atoms with Crippen LogP contribution >= 0.6 is 0 Å². The van der Waals surface area contributed by atoms with E-state index in [0.29, 0.717) is 18.1 Å². The van der Waals surface area contributed by atoms with Crippen molar-refractivity contribution in [2.75, 3.05) is 26.4 Å². The molecule has 21 heavy (non-hydrogen) atoms. The first-order chi connectivity index (χ1) is 9.97. The van der Waals surface area contributed by atoms with Crippen molar-refractivity contribution in [3.05, 3.63) is 47.2 Å². The number of aryl methyl sites for hydroxylation is 1. The van der Waals surface area contributed by atoms with Gasteiger partial charge in [0.05, 0.1) is 6.04 Å². The van der Waals surface area contributed by atoms with E-state index in [9.17, 15) is 4.79 Å². The zero-order valence-electron chi connectivity index (χ0n) is 12.6. The number of rotatable bonds is 5. The van der Waals surface area contributed by atoms with E-state index in [1.165, 1.54) is 17.2 Å². The van der Waals surface area contributed by atoms with Gasteiger partial charge < -0.3 is 16.0 Å². The molecule has 0 unspecified atom stereocenters. The molecule has 0 aliphatic carbocycles. The fourth-order valence-electron chi connectivity index (χ4n) is 2.21. The van der Waals surface area contributed by atoms with E-state index in [2.05, 4.69) is 45.5 Å². The molecule has 1 atom stereocenters. The van der Waals surface area contributed by atoms with Crippen LogP contribution in [-0.4, -0.2) is 41.6 Å². The lowest BCUT2D eigenvalue weighted by Crippen LogP contribution is -2.34. The number of hydrogen-bond donors (Lipinski definition) is 3. The molecule has 112 valence electrons. The van der Waals surface area contributed by atoms with Gasteiger partial charge in [0.2, 0.25) is 0 Å². The first-order valence-corrected chi connectivity index (χ1v) is 6.79. The molecule has 2 rings (SSSR count). The summed E-state index contributed by atoms with van der Waals surface area (Å²) in [6, 6.07) is 9.91. The van der Waals surface area contributed by atoms with Crippen molar-refractivity contribution in [3.8, 4) is 0 Å². The summed E-state index contributed by atoms with van der Waals surface area (Å²) in [6.45, 7) is 2.57. The summed E-state index contributed by atoms with van der Waals surface area (Å²) in [7, 11) is 3.99. The minimum atomic E-state index is -0.210. The Hall–Kier alpha value is -2.34. The number of aromatic nitrogens is 2. The van der Waals surface area contributed by atoms with Crippen LogP contribution in [-0.2, 0) is 0 Å². The van der Waals surface area contributed by atoms with Gasteiger partial charge in [0, 0.05) is 12.6 Å². The first kappa shape index (κ1) is 15.1. The van der Waals surface area contributed by atoms with Crippen LogP contribution in [0, 0.1) is 6.92 Å². The molecule has 0 aliphatic rings. The van der Waals surface area contributed by atoms with E-state index in [0.717, 1.165) is 0 Å². The average Bonchev–Trinajstić information content (AvgIpc) is 2.85. The average molecular weight is 287 g/mol. The van der Waals surface area contributed by atoms with Gasteiger partial charge in [-0.25, -0.2) is 0 Å². The normalized spacial score (nSPS) is 12.4. The van der Waals surface area contributed by atoms with Crippen LogP contribution in [0.15, 0.2) is 30.3 Å². The summed E-state index contributed by atoms with van der Waals surface area (Å²) in [5, 5.41) is 9.26. The number of nitrogen functional groups attached to an aromatic ring is 1.